The molecule has 0 fully saturated rings. The van der Waals surface area contributed by atoms with E-state index in [1.165, 1.54) is 0 Å². The molecule has 4 heteroatoms. The van der Waals surface area contributed by atoms with Crippen LogP contribution < -0.4 is 0 Å². The zero-order chi connectivity index (χ0) is 2.00. The Morgan fingerprint density at radius 3 is 1.25 bits per heavy atom. The third kappa shape index (κ3) is 8.85. The van der Waals surface area contributed by atoms with E-state index in [4.69, 9.17) is 3.02 Å². The van der Waals surface area contributed by atoms with Crippen LogP contribution >= 0.6 is 0 Å². The molecule has 0 atom stereocenters. The van der Waals surface area contributed by atoms with Gasteiger partial charge in [0.2, 0.25) is 0 Å². The Hall–Kier alpha value is 2.32. The Morgan fingerprint density at radius 2 is 1.25 bits per heavy atom. The van der Waals surface area contributed by atoms with E-state index in [-0.39, 0.29) is 52.4 Å². The first kappa shape index (κ1) is 16.2. The van der Waals surface area contributed by atoms with Crippen molar-refractivity contribution in [1.29, 1.82) is 0 Å². The van der Waals surface area contributed by atoms with Gasteiger partial charge in [0.1, 0.15) is 0 Å². The molecule has 0 aliphatic heterocycles. The molecule has 0 aliphatic carbocycles. The Bertz CT molecular complexity index is 8.00. The van der Waals surface area contributed by atoms with Gasteiger partial charge in [-0.25, -0.2) is 0 Å². The SMILES string of the molecule is [Co].[La].[O]=[Sb]. The van der Waals surface area contributed by atoms with Crippen LogP contribution in [0.1, 0.15) is 0 Å². The average Bonchev–Trinajstić information content (AvgIpc) is 1.00. The van der Waals surface area contributed by atoms with E-state index in [0.29, 0.717) is 23.0 Å². The van der Waals surface area contributed by atoms with Gasteiger partial charge in [0.25, 0.3) is 0 Å². The van der Waals surface area contributed by atoms with Crippen LogP contribution in [-0.4, -0.2) is 23.0 Å². The van der Waals surface area contributed by atoms with E-state index >= 15 is 0 Å². The molecule has 0 N–H and O–H groups in total. The first-order valence-corrected chi connectivity index (χ1v) is 1.22. The van der Waals surface area contributed by atoms with Gasteiger partial charge in [0.15, 0.2) is 0 Å². The predicted octanol–water partition coefficient (Wildman–Crippen LogP) is -0.502. The van der Waals surface area contributed by atoms with Gasteiger partial charge in [-0.15, -0.1) is 0 Å². The molecule has 3 radical (unpaired) electrons. The van der Waals surface area contributed by atoms with Crippen LogP contribution in [0.15, 0.2) is 0 Å². The summed E-state index contributed by atoms with van der Waals surface area (Å²) in [6.07, 6.45) is 0. The molecule has 0 saturated carbocycles. The maximum atomic E-state index is 8.30. The van der Waals surface area contributed by atoms with Crippen molar-refractivity contribution < 1.29 is 55.4 Å². The third-order valence-electron chi connectivity index (χ3n) is 0. The van der Waals surface area contributed by atoms with Gasteiger partial charge in [0, 0.05) is 52.4 Å². The fraction of sp³-hybridized carbons (Fsp3) is 0. The molecule has 0 aliphatic rings. The van der Waals surface area contributed by atoms with E-state index in [1.807, 2.05) is 0 Å². The van der Waals surface area contributed by atoms with Crippen LogP contribution in [0.2, 0.25) is 0 Å². The molecule has 0 heterocycles. The van der Waals surface area contributed by atoms with Gasteiger partial charge in [-0.3, -0.25) is 0 Å². The molecule has 0 spiro atoms. The Kier molecular flexibility index (Phi) is 74.8. The monoisotopic (exact) mass is 335 g/mol. The van der Waals surface area contributed by atoms with E-state index in [9.17, 15) is 0 Å². The summed E-state index contributed by atoms with van der Waals surface area (Å²) in [7, 11) is 0. The van der Waals surface area contributed by atoms with Crippen molar-refractivity contribution in [3.8, 4) is 0 Å². The van der Waals surface area contributed by atoms with E-state index in [0.717, 1.165) is 0 Å². The fourth-order valence-corrected chi connectivity index (χ4v) is 0. The average molecular weight is 336 g/mol. The second kappa shape index (κ2) is 18.4. The summed E-state index contributed by atoms with van der Waals surface area (Å²) in [5.74, 6) is 0. The van der Waals surface area contributed by atoms with Gasteiger partial charge in [-0.1, -0.05) is 0 Å². The van der Waals surface area contributed by atoms with Crippen molar-refractivity contribution in [2.75, 3.05) is 0 Å². The van der Waals surface area contributed by atoms with Gasteiger partial charge in [-0.2, -0.15) is 0 Å². The molecule has 0 saturated heterocycles. The Labute approximate surface area is 77.0 Å². The molecule has 0 amide bonds. The summed E-state index contributed by atoms with van der Waals surface area (Å²) < 4.78 is 8.30. The van der Waals surface area contributed by atoms with Crippen LogP contribution in [0, 0.1) is 35.6 Å². The zero-order valence-electron chi connectivity index (χ0n) is 1.77. The van der Waals surface area contributed by atoms with Crippen LogP contribution in [0.25, 0.3) is 0 Å². The topological polar surface area (TPSA) is 17.1 Å². The molecular formula is CoLaOSb. The van der Waals surface area contributed by atoms with E-state index in [2.05, 4.69) is 0 Å². The molecule has 0 bridgehead atoms. The summed E-state index contributed by atoms with van der Waals surface area (Å²) >= 11 is 0.500. The number of hydrogen-bond acceptors (Lipinski definition) is 1. The Morgan fingerprint density at radius 1 is 1.25 bits per heavy atom. The first-order valence-electron chi connectivity index (χ1n) is 0.183. The number of rotatable bonds is 0. The van der Waals surface area contributed by atoms with Crippen LogP contribution in [-0.2, 0) is 19.8 Å². The van der Waals surface area contributed by atoms with Crippen molar-refractivity contribution in [3.63, 3.8) is 0 Å². The molecule has 0 rings (SSSR count). The molecule has 4 heavy (non-hydrogen) atoms. The first-order chi connectivity index (χ1) is 1.00. The molecular weight excluding hydrogens is 336 g/mol. The third-order valence-corrected chi connectivity index (χ3v) is 0. The van der Waals surface area contributed by atoms with Crippen LogP contribution in [0.4, 0.5) is 0 Å². The predicted molar refractivity (Wildman–Crippen MR) is 6.44 cm³/mol. The zero-order valence-corrected chi connectivity index (χ0v) is 8.99. The second-order valence-electron chi connectivity index (χ2n) is 0. The van der Waals surface area contributed by atoms with Crippen LogP contribution in [0.3, 0.4) is 0 Å². The molecule has 0 aromatic rings. The summed E-state index contributed by atoms with van der Waals surface area (Å²) in [5, 5.41) is 0. The van der Waals surface area contributed by atoms with Crippen LogP contribution in [0.5, 0.6) is 0 Å². The summed E-state index contributed by atoms with van der Waals surface area (Å²) in [6, 6.07) is 0. The van der Waals surface area contributed by atoms with Gasteiger partial charge in [0.05, 0.1) is 0 Å². The summed E-state index contributed by atoms with van der Waals surface area (Å²) in [4.78, 5) is 0. The molecule has 23 valence electrons. The van der Waals surface area contributed by atoms with Crippen molar-refractivity contribution >= 4 is 23.0 Å². The normalized spacial score (nSPS) is 1.00. The number of hydrogen-bond donors (Lipinski definition) is 0. The van der Waals surface area contributed by atoms with Crippen molar-refractivity contribution in [2.24, 2.45) is 0 Å². The molecule has 0 unspecified atom stereocenters. The maximum absolute atomic E-state index is 8.30. The Balaban J connectivity index is -0.00000000500. The minimum atomic E-state index is 0. The van der Waals surface area contributed by atoms with Crippen molar-refractivity contribution in [3.05, 3.63) is 0 Å². The van der Waals surface area contributed by atoms with Crippen molar-refractivity contribution in [1.82, 2.24) is 0 Å². The fourth-order valence-electron chi connectivity index (χ4n) is 0. The van der Waals surface area contributed by atoms with Crippen molar-refractivity contribution in [2.45, 2.75) is 0 Å². The van der Waals surface area contributed by atoms with E-state index in [1.54, 1.807) is 0 Å². The standard InChI is InChI=1S/Co.La.O.Sb. The summed E-state index contributed by atoms with van der Waals surface area (Å²) in [5.41, 5.74) is 0. The summed E-state index contributed by atoms with van der Waals surface area (Å²) in [6.45, 7) is 0. The van der Waals surface area contributed by atoms with Gasteiger partial charge in [-0.05, 0) is 0 Å². The van der Waals surface area contributed by atoms with E-state index < -0.39 is 0 Å². The molecule has 1 nitrogen and oxygen atoms in total. The van der Waals surface area contributed by atoms with Gasteiger partial charge < -0.3 is 0 Å². The molecule has 0 aromatic heterocycles. The quantitative estimate of drug-likeness (QED) is 0.546. The minimum absolute atomic E-state index is 0. The van der Waals surface area contributed by atoms with Gasteiger partial charge >= 0.3 is 26.0 Å². The second-order valence-corrected chi connectivity index (χ2v) is 0. The molecule has 0 aromatic carbocycles.